The predicted octanol–water partition coefficient (Wildman–Crippen LogP) is 1.24. The number of nitrogens with one attached hydrogen (secondary N) is 2. The number of hydrogen-bond acceptors (Lipinski definition) is 4. The highest BCUT2D eigenvalue weighted by molar-refractivity contribution is 5.85. The average molecular weight is 236 g/mol. The maximum atomic E-state index is 11.7. The van der Waals surface area contributed by atoms with Gasteiger partial charge >= 0.3 is 0 Å². The number of pyridine rings is 1. The summed E-state index contributed by atoms with van der Waals surface area (Å²) in [5.74, 6) is 0.799. The van der Waals surface area contributed by atoms with Crippen molar-refractivity contribution in [3.8, 4) is 0 Å². The normalized spacial score (nSPS) is 12.2. The minimum absolute atomic E-state index is 0.0399. The monoisotopic (exact) mass is 236 g/mol. The number of hydrogen-bond donors (Lipinski definition) is 3. The van der Waals surface area contributed by atoms with Crippen molar-refractivity contribution >= 4 is 17.4 Å². The number of nitrogens with two attached hydrogens (primary N) is 1. The van der Waals surface area contributed by atoms with Crippen molar-refractivity contribution in [3.05, 3.63) is 18.3 Å². The highest BCUT2D eigenvalue weighted by atomic mass is 16.2. The van der Waals surface area contributed by atoms with Crippen LogP contribution in [0.15, 0.2) is 18.3 Å². The molecule has 5 nitrogen and oxygen atoms in total. The van der Waals surface area contributed by atoms with Gasteiger partial charge in [-0.2, -0.15) is 0 Å². The zero-order valence-electron chi connectivity index (χ0n) is 10.5. The quantitative estimate of drug-likeness (QED) is 0.718. The molecule has 0 spiro atoms. The van der Waals surface area contributed by atoms with Gasteiger partial charge in [-0.05, 0) is 25.0 Å². The van der Waals surface area contributed by atoms with E-state index in [0.29, 0.717) is 24.0 Å². The third-order valence-corrected chi connectivity index (χ3v) is 2.29. The highest BCUT2D eigenvalue weighted by Crippen LogP contribution is 2.14. The van der Waals surface area contributed by atoms with Crippen LogP contribution in [0.4, 0.5) is 11.5 Å². The van der Waals surface area contributed by atoms with Gasteiger partial charge in [-0.3, -0.25) is 4.79 Å². The van der Waals surface area contributed by atoms with Gasteiger partial charge in [0.25, 0.3) is 0 Å². The van der Waals surface area contributed by atoms with Crippen LogP contribution in [0.1, 0.15) is 20.8 Å². The largest absolute Gasteiger partial charge is 0.382 e. The zero-order chi connectivity index (χ0) is 12.8. The first kappa shape index (κ1) is 13.3. The zero-order valence-corrected chi connectivity index (χ0v) is 10.5. The molecule has 0 saturated heterocycles. The molecular weight excluding hydrogens is 216 g/mol. The molecule has 1 heterocycles. The van der Waals surface area contributed by atoms with Gasteiger partial charge in [0.2, 0.25) is 5.91 Å². The lowest BCUT2D eigenvalue weighted by molar-refractivity contribution is -0.121. The van der Waals surface area contributed by atoms with Gasteiger partial charge in [-0.1, -0.05) is 13.8 Å². The second-order valence-corrected chi connectivity index (χ2v) is 4.44. The fourth-order valence-corrected chi connectivity index (χ4v) is 1.30. The summed E-state index contributed by atoms with van der Waals surface area (Å²) in [6.45, 7) is 6.57. The van der Waals surface area contributed by atoms with Crippen molar-refractivity contribution in [2.45, 2.75) is 26.8 Å². The van der Waals surface area contributed by atoms with Crippen LogP contribution in [0.2, 0.25) is 0 Å². The van der Waals surface area contributed by atoms with E-state index < -0.39 is 0 Å². The maximum absolute atomic E-state index is 11.7. The standard InChI is InChI=1S/C12H20N4O/c1-8(2)7-15-12(17)9(3)16-10-5-4-6-14-11(10)13/h4-6,8-9,16H,7H2,1-3H3,(H2,13,14)(H,15,17). The average Bonchev–Trinajstić information content (AvgIpc) is 2.28. The van der Waals surface area contributed by atoms with Gasteiger partial charge in [-0.25, -0.2) is 4.98 Å². The Hall–Kier alpha value is -1.78. The Labute approximate surface area is 102 Å². The number of anilines is 2. The molecule has 94 valence electrons. The summed E-state index contributed by atoms with van der Waals surface area (Å²) in [6, 6.07) is 3.24. The number of carbonyl (C=O) groups is 1. The molecule has 1 amide bonds. The summed E-state index contributed by atoms with van der Waals surface area (Å²) in [6.07, 6.45) is 1.62. The summed E-state index contributed by atoms with van der Waals surface area (Å²) in [5, 5.41) is 5.89. The smallest absolute Gasteiger partial charge is 0.242 e. The molecule has 1 aromatic heterocycles. The lowest BCUT2D eigenvalue weighted by atomic mass is 10.2. The summed E-state index contributed by atoms with van der Waals surface area (Å²) in [4.78, 5) is 15.7. The number of nitrogens with zero attached hydrogens (tertiary/aromatic N) is 1. The SMILES string of the molecule is CC(C)CNC(=O)C(C)Nc1cccnc1N. The van der Waals surface area contributed by atoms with Crippen LogP contribution >= 0.6 is 0 Å². The molecule has 0 aromatic carbocycles. The van der Waals surface area contributed by atoms with Gasteiger partial charge in [0.1, 0.15) is 11.9 Å². The Bertz CT molecular complexity index is 379. The minimum atomic E-state index is -0.333. The van der Waals surface area contributed by atoms with Crippen LogP contribution in [-0.2, 0) is 4.79 Å². The van der Waals surface area contributed by atoms with E-state index in [2.05, 4.69) is 29.5 Å². The third-order valence-electron chi connectivity index (χ3n) is 2.29. The van der Waals surface area contributed by atoms with Crippen LogP contribution in [0, 0.1) is 5.92 Å². The van der Waals surface area contributed by atoms with E-state index in [1.54, 1.807) is 25.3 Å². The molecule has 1 rings (SSSR count). The third kappa shape index (κ3) is 4.30. The van der Waals surface area contributed by atoms with E-state index >= 15 is 0 Å². The first-order chi connectivity index (χ1) is 8.00. The summed E-state index contributed by atoms with van der Waals surface area (Å²) in [5.41, 5.74) is 6.37. The molecule has 5 heteroatoms. The van der Waals surface area contributed by atoms with Gasteiger partial charge in [0.05, 0.1) is 5.69 Å². The summed E-state index contributed by atoms with van der Waals surface area (Å²) in [7, 11) is 0. The van der Waals surface area contributed by atoms with Crippen molar-refractivity contribution in [2.24, 2.45) is 5.92 Å². The maximum Gasteiger partial charge on any atom is 0.242 e. The van der Waals surface area contributed by atoms with Crippen molar-refractivity contribution in [3.63, 3.8) is 0 Å². The lowest BCUT2D eigenvalue weighted by Gasteiger charge is -2.16. The number of carbonyl (C=O) groups excluding carboxylic acids is 1. The van der Waals surface area contributed by atoms with E-state index in [0.717, 1.165) is 0 Å². The highest BCUT2D eigenvalue weighted by Gasteiger charge is 2.13. The Morgan fingerprint density at radius 2 is 2.18 bits per heavy atom. The molecule has 0 saturated carbocycles. The number of aromatic nitrogens is 1. The van der Waals surface area contributed by atoms with Gasteiger partial charge in [0, 0.05) is 12.7 Å². The van der Waals surface area contributed by atoms with E-state index in [9.17, 15) is 4.79 Å². The molecule has 0 aliphatic rings. The molecular formula is C12H20N4O. The van der Waals surface area contributed by atoms with Crippen LogP contribution in [0.25, 0.3) is 0 Å². The van der Waals surface area contributed by atoms with Crippen LogP contribution in [0.5, 0.6) is 0 Å². The Kier molecular flexibility index (Phi) is 4.75. The van der Waals surface area contributed by atoms with E-state index in [-0.39, 0.29) is 11.9 Å². The Morgan fingerprint density at radius 3 is 2.76 bits per heavy atom. The predicted molar refractivity (Wildman–Crippen MR) is 69.6 cm³/mol. The topological polar surface area (TPSA) is 80.0 Å². The van der Waals surface area contributed by atoms with Crippen LogP contribution in [0.3, 0.4) is 0 Å². The molecule has 1 unspecified atom stereocenters. The van der Waals surface area contributed by atoms with Crippen molar-refractivity contribution < 1.29 is 4.79 Å². The number of rotatable bonds is 5. The fraction of sp³-hybridized carbons (Fsp3) is 0.500. The van der Waals surface area contributed by atoms with Gasteiger partial charge < -0.3 is 16.4 Å². The molecule has 4 N–H and O–H groups in total. The minimum Gasteiger partial charge on any atom is -0.382 e. The molecule has 0 fully saturated rings. The first-order valence-corrected chi connectivity index (χ1v) is 5.75. The molecule has 1 atom stereocenters. The Balaban J connectivity index is 2.51. The number of amides is 1. The van der Waals surface area contributed by atoms with Crippen LogP contribution < -0.4 is 16.4 Å². The second-order valence-electron chi connectivity index (χ2n) is 4.44. The van der Waals surface area contributed by atoms with Crippen molar-refractivity contribution in [1.29, 1.82) is 0 Å². The molecule has 0 bridgehead atoms. The van der Waals surface area contributed by atoms with Crippen LogP contribution in [-0.4, -0.2) is 23.5 Å². The molecule has 0 aliphatic heterocycles. The van der Waals surface area contributed by atoms with E-state index in [4.69, 9.17) is 5.73 Å². The summed E-state index contributed by atoms with van der Waals surface area (Å²) < 4.78 is 0. The molecule has 0 aliphatic carbocycles. The van der Waals surface area contributed by atoms with Gasteiger partial charge in [0.15, 0.2) is 0 Å². The van der Waals surface area contributed by atoms with Crippen molar-refractivity contribution in [2.75, 3.05) is 17.6 Å². The van der Waals surface area contributed by atoms with Crippen molar-refractivity contribution in [1.82, 2.24) is 10.3 Å². The molecule has 17 heavy (non-hydrogen) atoms. The summed E-state index contributed by atoms with van der Waals surface area (Å²) >= 11 is 0. The molecule has 1 aromatic rings. The van der Waals surface area contributed by atoms with Gasteiger partial charge in [-0.15, -0.1) is 0 Å². The molecule has 0 radical (unpaired) electrons. The first-order valence-electron chi connectivity index (χ1n) is 5.75. The van der Waals surface area contributed by atoms with E-state index in [1.165, 1.54) is 0 Å². The number of nitrogen functional groups attached to an aromatic ring is 1. The lowest BCUT2D eigenvalue weighted by Crippen LogP contribution is -2.39. The second kappa shape index (κ2) is 6.08. The fourth-order valence-electron chi connectivity index (χ4n) is 1.30. The Morgan fingerprint density at radius 1 is 1.47 bits per heavy atom. The van der Waals surface area contributed by atoms with E-state index in [1.807, 2.05) is 0 Å².